The lowest BCUT2D eigenvalue weighted by Gasteiger charge is -2.60. The topological polar surface area (TPSA) is 66.8 Å². The van der Waals surface area contributed by atoms with Crippen LogP contribution in [0.1, 0.15) is 52.9 Å². The van der Waals surface area contributed by atoms with Gasteiger partial charge in [0.15, 0.2) is 0 Å². The maximum Gasteiger partial charge on any atom is 0.311 e. The number of rotatable bonds is 2. The predicted octanol–water partition coefficient (Wildman–Crippen LogP) is 3.24. The summed E-state index contributed by atoms with van der Waals surface area (Å²) in [4.78, 5) is 12.6. The minimum absolute atomic E-state index is 0.0543. The molecule has 0 unspecified atom stereocenters. The van der Waals surface area contributed by atoms with Crippen LogP contribution in [0.4, 0.5) is 0 Å². The largest absolute Gasteiger partial charge is 0.469 e. The number of carbonyl (C=O) groups excluding carboxylic acids is 1. The van der Waals surface area contributed by atoms with E-state index in [-0.39, 0.29) is 23.2 Å². The Hall–Kier alpha value is -1.13. The van der Waals surface area contributed by atoms with Crippen molar-refractivity contribution in [2.75, 3.05) is 7.11 Å². The Kier molecular flexibility index (Phi) is 4.44. The Morgan fingerprint density at radius 3 is 2.56 bits per heavy atom. The number of carbonyl (C=O) groups is 1. The van der Waals surface area contributed by atoms with E-state index in [2.05, 4.69) is 13.5 Å². The third kappa shape index (κ3) is 2.52. The van der Waals surface area contributed by atoms with Gasteiger partial charge in [0.05, 0.1) is 24.7 Å². The first-order chi connectivity index (χ1) is 11.6. The highest BCUT2D eigenvalue weighted by Gasteiger charge is 2.61. The smallest absolute Gasteiger partial charge is 0.311 e. The molecule has 4 nitrogen and oxygen atoms in total. The van der Waals surface area contributed by atoms with Crippen molar-refractivity contribution in [3.8, 4) is 0 Å². The molecule has 0 aromatic heterocycles. The van der Waals surface area contributed by atoms with Crippen molar-refractivity contribution < 1.29 is 19.7 Å². The zero-order chi connectivity index (χ0) is 18.6. The molecule has 0 radical (unpaired) electrons. The zero-order valence-electron chi connectivity index (χ0n) is 15.9. The molecule has 0 spiro atoms. The summed E-state index contributed by atoms with van der Waals surface area (Å²) in [6, 6.07) is 0. The monoisotopic (exact) mass is 348 g/mol. The molecule has 0 amide bonds. The van der Waals surface area contributed by atoms with Crippen molar-refractivity contribution in [2.45, 2.75) is 65.1 Å². The van der Waals surface area contributed by atoms with Crippen LogP contribution in [-0.4, -0.2) is 35.5 Å². The van der Waals surface area contributed by atoms with Crippen molar-refractivity contribution in [3.05, 3.63) is 24.3 Å². The van der Waals surface area contributed by atoms with Gasteiger partial charge in [0.1, 0.15) is 0 Å². The van der Waals surface area contributed by atoms with E-state index < -0.39 is 23.0 Å². The molecule has 4 heteroatoms. The lowest BCUT2D eigenvalue weighted by atomic mass is 9.44. The van der Waals surface area contributed by atoms with Crippen LogP contribution in [0.2, 0.25) is 0 Å². The van der Waals surface area contributed by atoms with Gasteiger partial charge in [0.25, 0.3) is 0 Å². The fraction of sp³-hybridized carbons (Fsp3) is 0.762. The summed E-state index contributed by atoms with van der Waals surface area (Å²) in [5.74, 6) is -0.0254. The lowest BCUT2D eigenvalue weighted by molar-refractivity contribution is -0.172. The van der Waals surface area contributed by atoms with E-state index in [0.717, 1.165) is 24.8 Å². The molecule has 0 heterocycles. The maximum absolute atomic E-state index is 12.6. The SMILES string of the molecule is C=C[C@]1(C)C=C2[C@H](O)C[C@@H]3[C@](C)(CCC[C@@]3(C)C(=O)OC)[C@H]2C[C@H]1O. The molecule has 2 N–H and O–H groups in total. The Balaban J connectivity index is 2.07. The molecule has 0 aromatic carbocycles. The maximum atomic E-state index is 12.6. The standard InChI is InChI=1S/C21H32O4/c1-6-19(2)12-13-14(10-17(19)23)20(3)8-7-9-21(4,18(24)25-5)16(20)11-15(13)22/h6,12,14-17,22-23H,1,7-11H2,2-5H3/t14-,15+,16+,17+,19+,20+,21+/m0/s1. The van der Waals surface area contributed by atoms with Crippen molar-refractivity contribution in [2.24, 2.45) is 28.1 Å². The van der Waals surface area contributed by atoms with Gasteiger partial charge in [-0.25, -0.2) is 0 Å². The highest BCUT2D eigenvalue weighted by molar-refractivity contribution is 5.77. The van der Waals surface area contributed by atoms with Crippen LogP contribution in [0, 0.1) is 28.1 Å². The summed E-state index contributed by atoms with van der Waals surface area (Å²) in [5, 5.41) is 21.7. The van der Waals surface area contributed by atoms with Crippen LogP contribution in [0.5, 0.6) is 0 Å². The Morgan fingerprint density at radius 1 is 1.28 bits per heavy atom. The van der Waals surface area contributed by atoms with Gasteiger partial charge in [0, 0.05) is 5.41 Å². The Morgan fingerprint density at radius 2 is 1.96 bits per heavy atom. The van der Waals surface area contributed by atoms with Crippen molar-refractivity contribution in [3.63, 3.8) is 0 Å². The highest BCUT2D eigenvalue weighted by atomic mass is 16.5. The van der Waals surface area contributed by atoms with Gasteiger partial charge in [-0.1, -0.05) is 32.4 Å². The molecule has 0 aromatic rings. The minimum Gasteiger partial charge on any atom is -0.469 e. The summed E-state index contributed by atoms with van der Waals surface area (Å²) >= 11 is 0. The third-order valence-electron chi connectivity index (χ3n) is 7.77. The van der Waals surface area contributed by atoms with E-state index in [1.165, 1.54) is 7.11 Å². The van der Waals surface area contributed by atoms with Crippen molar-refractivity contribution in [1.82, 2.24) is 0 Å². The average molecular weight is 348 g/mol. The van der Waals surface area contributed by atoms with Gasteiger partial charge in [-0.05, 0) is 55.4 Å². The first-order valence-electron chi connectivity index (χ1n) is 9.43. The second-order valence-corrected chi connectivity index (χ2v) is 9.09. The second kappa shape index (κ2) is 5.95. The van der Waals surface area contributed by atoms with Crippen molar-refractivity contribution >= 4 is 5.97 Å². The molecule has 2 fully saturated rings. The zero-order valence-corrected chi connectivity index (χ0v) is 15.9. The van der Waals surface area contributed by atoms with Gasteiger partial charge in [-0.15, -0.1) is 6.58 Å². The van der Waals surface area contributed by atoms with Crippen LogP contribution in [0.3, 0.4) is 0 Å². The fourth-order valence-electron chi connectivity index (χ4n) is 6.04. The van der Waals surface area contributed by atoms with E-state index >= 15 is 0 Å². The van der Waals surface area contributed by atoms with E-state index in [1.807, 2.05) is 19.9 Å². The molecular weight excluding hydrogens is 316 g/mol. The first-order valence-corrected chi connectivity index (χ1v) is 9.43. The van der Waals surface area contributed by atoms with Gasteiger partial charge >= 0.3 is 5.97 Å². The number of aliphatic hydroxyl groups excluding tert-OH is 2. The van der Waals surface area contributed by atoms with E-state index in [9.17, 15) is 15.0 Å². The van der Waals surface area contributed by atoms with Gasteiger partial charge < -0.3 is 14.9 Å². The molecule has 3 rings (SSSR count). The van der Waals surface area contributed by atoms with Gasteiger partial charge in [-0.2, -0.15) is 0 Å². The number of aliphatic hydroxyl groups is 2. The number of ether oxygens (including phenoxy) is 1. The normalized spacial score (nSPS) is 49.4. The quantitative estimate of drug-likeness (QED) is 0.594. The molecule has 140 valence electrons. The number of methoxy groups -OCH3 is 1. The summed E-state index contributed by atoms with van der Waals surface area (Å²) in [6.45, 7) is 10.1. The number of esters is 1. The first kappa shape index (κ1) is 18.7. The average Bonchev–Trinajstić information content (AvgIpc) is 2.58. The summed E-state index contributed by atoms with van der Waals surface area (Å²) in [6.07, 6.45) is 6.68. The van der Waals surface area contributed by atoms with Crippen molar-refractivity contribution in [1.29, 1.82) is 0 Å². The molecule has 0 bridgehead atoms. The van der Waals surface area contributed by atoms with E-state index in [4.69, 9.17) is 4.74 Å². The molecule has 25 heavy (non-hydrogen) atoms. The molecule has 0 aliphatic heterocycles. The van der Waals surface area contributed by atoms with Crippen LogP contribution < -0.4 is 0 Å². The molecule has 0 saturated heterocycles. The molecule has 3 aliphatic carbocycles. The van der Waals surface area contributed by atoms with E-state index in [1.54, 1.807) is 6.08 Å². The number of fused-ring (bicyclic) bond motifs is 3. The Bertz CT molecular complexity index is 611. The minimum atomic E-state index is -0.572. The predicted molar refractivity (Wildman–Crippen MR) is 96.7 cm³/mol. The third-order valence-corrected chi connectivity index (χ3v) is 7.77. The number of hydrogen-bond donors (Lipinski definition) is 2. The summed E-state index contributed by atoms with van der Waals surface area (Å²) < 4.78 is 5.13. The lowest BCUT2D eigenvalue weighted by Crippen LogP contribution is -2.58. The van der Waals surface area contributed by atoms with Gasteiger partial charge in [0.2, 0.25) is 0 Å². The van der Waals surface area contributed by atoms with Crippen LogP contribution in [0.15, 0.2) is 24.3 Å². The second-order valence-electron chi connectivity index (χ2n) is 9.09. The number of hydrogen-bond acceptors (Lipinski definition) is 4. The summed E-state index contributed by atoms with van der Waals surface area (Å²) in [5.41, 5.74) is -0.162. The summed E-state index contributed by atoms with van der Waals surface area (Å²) in [7, 11) is 1.45. The fourth-order valence-corrected chi connectivity index (χ4v) is 6.04. The molecular formula is C21H32O4. The molecule has 3 aliphatic rings. The Labute approximate surface area is 151 Å². The van der Waals surface area contributed by atoms with Gasteiger partial charge in [-0.3, -0.25) is 4.79 Å². The molecule has 2 saturated carbocycles. The highest BCUT2D eigenvalue weighted by Crippen LogP contribution is 2.64. The van der Waals surface area contributed by atoms with Crippen LogP contribution in [-0.2, 0) is 9.53 Å². The van der Waals surface area contributed by atoms with E-state index in [0.29, 0.717) is 12.8 Å². The van der Waals surface area contributed by atoms with Crippen LogP contribution >= 0.6 is 0 Å². The van der Waals surface area contributed by atoms with Crippen LogP contribution in [0.25, 0.3) is 0 Å². The molecule has 7 atom stereocenters.